The lowest BCUT2D eigenvalue weighted by Crippen LogP contribution is -2.75. The number of carboxylic acids is 1. The third-order valence-electron chi connectivity index (χ3n) is 3.82. The van der Waals surface area contributed by atoms with Crippen molar-refractivity contribution in [3.63, 3.8) is 0 Å². The number of thiocarbonyl (C=S) groups is 1. The van der Waals surface area contributed by atoms with E-state index in [2.05, 4.69) is 5.32 Å². The Labute approximate surface area is 168 Å². The topological polar surface area (TPSA) is 116 Å². The molecule has 0 spiro atoms. The van der Waals surface area contributed by atoms with Gasteiger partial charge in [0.2, 0.25) is 0 Å². The molecule has 140 valence electrons. The highest BCUT2D eigenvalue weighted by atomic mass is 127. The van der Waals surface area contributed by atoms with Gasteiger partial charge in [0.05, 0.1) is 6.04 Å². The van der Waals surface area contributed by atoms with Gasteiger partial charge in [-0.3, -0.25) is 14.5 Å². The van der Waals surface area contributed by atoms with E-state index < -0.39 is 42.2 Å². The first-order valence-electron chi connectivity index (χ1n) is 7.59. The number of nitrogens with zero attached hydrogens (tertiary/aromatic N) is 1. The van der Waals surface area contributed by atoms with Crippen molar-refractivity contribution in [2.24, 2.45) is 0 Å². The molecule has 0 aliphatic carbocycles. The van der Waals surface area contributed by atoms with E-state index in [0.29, 0.717) is 9.99 Å². The minimum Gasteiger partial charge on any atom is -0.477 e. The minimum absolute atomic E-state index is 0.00982. The summed E-state index contributed by atoms with van der Waals surface area (Å²) in [5.74, 6) is -2.70. The van der Waals surface area contributed by atoms with Crippen LogP contribution in [-0.4, -0.2) is 60.7 Å². The normalized spacial score (nSPS) is 21.3. The predicted octanol–water partition coefficient (Wildman–Crippen LogP) is 0.625. The first-order chi connectivity index (χ1) is 12.3. The van der Waals surface area contributed by atoms with Crippen LogP contribution in [0, 0.1) is 0 Å². The van der Waals surface area contributed by atoms with E-state index in [-0.39, 0.29) is 5.05 Å². The number of β-lactam (4-membered cyclic amide) rings is 1. The summed E-state index contributed by atoms with van der Waals surface area (Å²) in [5.41, 5.74) is 0.391. The summed E-state index contributed by atoms with van der Waals surface area (Å²) in [6, 6.07) is 6.75. The second-order valence-electron chi connectivity index (χ2n) is 5.57. The average Bonchev–Trinajstić information content (AvgIpc) is 2.61. The minimum atomic E-state index is -1.55. The number of hydrogen-bond acceptors (Lipinski definition) is 6. The van der Waals surface area contributed by atoms with Gasteiger partial charge in [0.15, 0.2) is 11.2 Å². The zero-order valence-electron chi connectivity index (χ0n) is 13.7. The van der Waals surface area contributed by atoms with Crippen molar-refractivity contribution in [3.8, 4) is 0 Å². The zero-order valence-corrected chi connectivity index (χ0v) is 16.6. The molecule has 0 radical (unpaired) electrons. The van der Waals surface area contributed by atoms with Gasteiger partial charge in [-0.15, -0.1) is 0 Å². The van der Waals surface area contributed by atoms with Gasteiger partial charge in [0, 0.05) is 11.4 Å². The van der Waals surface area contributed by atoms with Gasteiger partial charge in [-0.25, -0.2) is 4.79 Å². The van der Waals surface area contributed by atoms with Crippen LogP contribution >= 0.6 is 34.8 Å². The third-order valence-corrected chi connectivity index (χ3v) is 4.82. The number of alkyl halides is 1. The number of rotatable bonds is 7. The van der Waals surface area contributed by atoms with Crippen LogP contribution in [0.5, 0.6) is 0 Å². The van der Waals surface area contributed by atoms with Crippen LogP contribution < -0.4 is 5.32 Å². The molecule has 2 unspecified atom stereocenters. The number of nitrogens with one attached hydrogen (secondary N) is 1. The number of amides is 2. The largest absolute Gasteiger partial charge is 0.477 e. The number of benzene rings is 1. The molecule has 2 rings (SSSR count). The van der Waals surface area contributed by atoms with Crippen molar-refractivity contribution in [1.29, 1.82) is 0 Å². The van der Waals surface area contributed by atoms with E-state index in [4.69, 9.17) is 17.0 Å². The van der Waals surface area contributed by atoms with Crippen LogP contribution in [0.25, 0.3) is 0 Å². The van der Waals surface area contributed by atoms with Crippen LogP contribution in [0.2, 0.25) is 0 Å². The van der Waals surface area contributed by atoms with E-state index in [1.165, 1.54) is 6.92 Å². The number of halogens is 1. The lowest BCUT2D eigenvalue weighted by molar-refractivity contribution is -0.180. The maximum atomic E-state index is 12.4. The van der Waals surface area contributed by atoms with Crippen molar-refractivity contribution >= 4 is 57.6 Å². The molecule has 3 N–H and O–H groups in total. The summed E-state index contributed by atoms with van der Waals surface area (Å²) < 4.78 is 5.42. The highest BCUT2D eigenvalue weighted by molar-refractivity contribution is 14.1. The number of carboxylic acid groups (broad SMARTS) is 1. The summed E-state index contributed by atoms with van der Waals surface area (Å²) in [6.45, 7) is 1.41. The number of aliphatic carboxylic acids is 1. The van der Waals surface area contributed by atoms with Gasteiger partial charge < -0.3 is 20.3 Å². The smallest absolute Gasteiger partial charge is 0.366 e. The van der Waals surface area contributed by atoms with Crippen molar-refractivity contribution in [1.82, 2.24) is 10.2 Å². The van der Waals surface area contributed by atoms with Gasteiger partial charge in [0.1, 0.15) is 6.04 Å². The van der Waals surface area contributed by atoms with Crippen molar-refractivity contribution in [2.75, 3.05) is 4.43 Å². The summed E-state index contributed by atoms with van der Waals surface area (Å²) in [5, 5.41) is 21.9. The van der Waals surface area contributed by atoms with Gasteiger partial charge in [-0.05, 0) is 17.8 Å². The first kappa shape index (κ1) is 20.5. The number of carbonyl (C=O) groups is 3. The fourth-order valence-electron chi connectivity index (χ4n) is 2.58. The molecule has 8 nitrogen and oxygen atoms in total. The Kier molecular flexibility index (Phi) is 6.89. The Morgan fingerprint density at radius 3 is 2.50 bits per heavy atom. The van der Waals surface area contributed by atoms with Gasteiger partial charge in [-0.2, -0.15) is 0 Å². The zero-order chi connectivity index (χ0) is 19.4. The molecule has 2 amide bonds. The molecule has 0 aromatic heterocycles. The maximum absolute atomic E-state index is 12.4. The standard InChI is InChI=1S/C16H17IN2O6S/c1-8(26)25-15(16(23)24)19-10(7-17)11(14(19)22)18-13(21)12(20)9-5-3-2-4-6-9/h2-6,10-12,15,20H,7H2,1H3,(H,18,21)(H,23,24)/t10-,11+,12?,15?/m0/s1. The second-order valence-corrected chi connectivity index (χ2v) is 7.02. The fourth-order valence-corrected chi connectivity index (χ4v) is 3.60. The summed E-state index contributed by atoms with van der Waals surface area (Å²) in [6.07, 6.45) is -2.98. The molecule has 4 atom stereocenters. The lowest BCUT2D eigenvalue weighted by atomic mass is 9.95. The quantitative estimate of drug-likeness (QED) is 0.221. The number of likely N-dealkylation sites (tertiary alicyclic amines) is 1. The number of hydrogen-bond donors (Lipinski definition) is 3. The van der Waals surface area contributed by atoms with Gasteiger partial charge >= 0.3 is 5.97 Å². The lowest BCUT2D eigenvalue weighted by Gasteiger charge is -2.48. The number of aliphatic hydroxyl groups excluding tert-OH is 1. The van der Waals surface area contributed by atoms with Crippen LogP contribution in [-0.2, 0) is 19.1 Å². The Morgan fingerprint density at radius 2 is 2.00 bits per heavy atom. The monoisotopic (exact) mass is 492 g/mol. The average molecular weight is 492 g/mol. The Morgan fingerprint density at radius 1 is 1.38 bits per heavy atom. The molecule has 1 aromatic rings. The van der Waals surface area contributed by atoms with Crippen LogP contribution in [0.15, 0.2) is 30.3 Å². The predicted molar refractivity (Wildman–Crippen MR) is 104 cm³/mol. The van der Waals surface area contributed by atoms with Crippen molar-refractivity contribution in [2.45, 2.75) is 31.3 Å². The molecule has 1 aliphatic rings. The van der Waals surface area contributed by atoms with Crippen LogP contribution in [0.3, 0.4) is 0 Å². The molecule has 1 heterocycles. The third kappa shape index (κ3) is 4.30. The molecule has 0 saturated carbocycles. The summed E-state index contributed by atoms with van der Waals surface area (Å²) >= 11 is 6.74. The molecular formula is C16H17IN2O6S. The Hall–Kier alpha value is -1.79. The number of carbonyl (C=O) groups excluding carboxylic acids is 2. The highest BCUT2D eigenvalue weighted by Crippen LogP contribution is 2.27. The molecule has 1 fully saturated rings. The van der Waals surface area contributed by atoms with Crippen LogP contribution in [0.1, 0.15) is 18.6 Å². The van der Waals surface area contributed by atoms with E-state index in [1.807, 2.05) is 22.6 Å². The fraction of sp³-hybridized carbons (Fsp3) is 0.375. The molecule has 10 heteroatoms. The SMILES string of the molecule is CC(=S)OC(C(=O)O)N1C(=O)[C@H](NC(=O)C(O)c2ccccc2)[C@@H]1CI. The van der Waals surface area contributed by atoms with Crippen LogP contribution in [0.4, 0.5) is 0 Å². The van der Waals surface area contributed by atoms with E-state index in [1.54, 1.807) is 30.3 Å². The Balaban J connectivity index is 2.09. The maximum Gasteiger partial charge on any atom is 0.366 e. The Bertz CT molecular complexity index is 716. The highest BCUT2D eigenvalue weighted by Gasteiger charge is 2.53. The molecule has 1 saturated heterocycles. The second kappa shape index (κ2) is 8.73. The van der Waals surface area contributed by atoms with Gasteiger partial charge in [0.25, 0.3) is 18.0 Å². The first-order valence-corrected chi connectivity index (χ1v) is 9.52. The molecule has 0 bridgehead atoms. The van der Waals surface area contributed by atoms with E-state index in [9.17, 15) is 24.6 Å². The molecular weight excluding hydrogens is 475 g/mol. The summed E-state index contributed by atoms with van der Waals surface area (Å²) in [7, 11) is 0. The van der Waals surface area contributed by atoms with Gasteiger partial charge in [-0.1, -0.05) is 52.9 Å². The molecule has 1 aliphatic heterocycles. The number of ether oxygens (including phenoxy) is 1. The number of aliphatic hydroxyl groups is 1. The van der Waals surface area contributed by atoms with E-state index in [0.717, 1.165) is 4.90 Å². The molecule has 1 aromatic carbocycles. The van der Waals surface area contributed by atoms with Crippen molar-refractivity contribution in [3.05, 3.63) is 35.9 Å². The molecule has 26 heavy (non-hydrogen) atoms. The van der Waals surface area contributed by atoms with Crippen molar-refractivity contribution < 1.29 is 29.3 Å². The van der Waals surface area contributed by atoms with E-state index >= 15 is 0 Å². The summed E-state index contributed by atoms with van der Waals surface area (Å²) in [4.78, 5) is 37.1.